The molecule has 5 rings (SSSR count). The summed E-state index contributed by atoms with van der Waals surface area (Å²) in [7, 11) is -2.01. The number of amides is 2. The number of carbonyl (C=O) groups excluding carboxylic acids is 1. The molecule has 1 saturated heterocycles. The molecule has 0 bridgehead atoms. The SMILES string of the molecule is Cc1ccccc1NC(=O)N1CCC2(CC1)COc1cc(-c3ccccc3)ccc1S(=O)(=O)NCC(O)CN(C)C2. The maximum atomic E-state index is 13.3. The Labute approximate surface area is 242 Å². The Morgan fingerprint density at radius 2 is 1.73 bits per heavy atom. The van der Waals surface area contributed by atoms with E-state index >= 15 is 0 Å². The van der Waals surface area contributed by atoms with Crippen LogP contribution in [0.15, 0.2) is 77.7 Å². The summed E-state index contributed by atoms with van der Waals surface area (Å²) in [5.74, 6) is 0.274. The minimum atomic E-state index is -3.93. The van der Waals surface area contributed by atoms with Gasteiger partial charge in [-0.25, -0.2) is 17.9 Å². The van der Waals surface area contributed by atoms with E-state index < -0.39 is 16.1 Å². The van der Waals surface area contributed by atoms with Crippen molar-refractivity contribution in [3.8, 4) is 16.9 Å². The van der Waals surface area contributed by atoms with E-state index in [4.69, 9.17) is 4.74 Å². The number of nitrogens with one attached hydrogen (secondary N) is 2. The molecular weight excluding hydrogens is 540 g/mol. The summed E-state index contributed by atoms with van der Waals surface area (Å²) in [6.45, 7) is 4.15. The number of piperidine rings is 1. The van der Waals surface area contributed by atoms with Gasteiger partial charge in [-0.05, 0) is 61.7 Å². The Hall–Kier alpha value is -3.44. The average molecular weight is 579 g/mol. The monoisotopic (exact) mass is 578 g/mol. The van der Waals surface area contributed by atoms with Crippen LogP contribution in [0.5, 0.6) is 5.75 Å². The lowest BCUT2D eigenvalue weighted by Crippen LogP contribution is -2.52. The molecule has 3 aromatic carbocycles. The fourth-order valence-electron chi connectivity index (χ4n) is 5.67. The first-order valence-corrected chi connectivity index (χ1v) is 15.4. The first kappa shape index (κ1) is 29.1. The van der Waals surface area contributed by atoms with Gasteiger partial charge in [0, 0.05) is 43.8 Å². The number of rotatable bonds is 2. The Balaban J connectivity index is 1.40. The molecule has 1 atom stereocenters. The van der Waals surface area contributed by atoms with Crippen LogP contribution in [0.4, 0.5) is 10.5 Å². The molecule has 218 valence electrons. The van der Waals surface area contributed by atoms with Gasteiger partial charge in [-0.2, -0.15) is 0 Å². The highest BCUT2D eigenvalue weighted by molar-refractivity contribution is 7.89. The average Bonchev–Trinajstić information content (AvgIpc) is 2.96. The van der Waals surface area contributed by atoms with Crippen LogP contribution in [-0.4, -0.2) is 81.8 Å². The van der Waals surface area contributed by atoms with Gasteiger partial charge in [-0.1, -0.05) is 54.6 Å². The highest BCUT2D eigenvalue weighted by atomic mass is 32.2. The number of anilines is 1. The van der Waals surface area contributed by atoms with Crippen molar-refractivity contribution >= 4 is 21.7 Å². The number of carbonyl (C=O) groups is 1. The number of aryl methyl sites for hydroxylation is 1. The second kappa shape index (κ2) is 12.2. The number of β-amino-alcohol motifs (C(OH)–C–C–N with tert-alkyl or cyclic N) is 1. The molecule has 1 fully saturated rings. The van der Waals surface area contributed by atoms with Crippen molar-refractivity contribution in [1.29, 1.82) is 0 Å². The largest absolute Gasteiger partial charge is 0.492 e. The van der Waals surface area contributed by atoms with Gasteiger partial charge in [0.15, 0.2) is 0 Å². The van der Waals surface area contributed by atoms with Gasteiger partial charge >= 0.3 is 6.03 Å². The van der Waals surface area contributed by atoms with Crippen LogP contribution in [0.1, 0.15) is 18.4 Å². The Morgan fingerprint density at radius 1 is 1.02 bits per heavy atom. The topological polar surface area (TPSA) is 111 Å². The molecule has 1 unspecified atom stereocenters. The maximum absolute atomic E-state index is 13.3. The molecule has 2 heterocycles. The van der Waals surface area contributed by atoms with Gasteiger partial charge in [0.25, 0.3) is 0 Å². The fourth-order valence-corrected chi connectivity index (χ4v) is 6.87. The number of likely N-dealkylation sites (N-methyl/N-ethyl adjacent to an activating group) is 1. The lowest BCUT2D eigenvalue weighted by Gasteiger charge is -2.44. The van der Waals surface area contributed by atoms with Gasteiger partial charge < -0.3 is 25.0 Å². The van der Waals surface area contributed by atoms with Gasteiger partial charge in [0.05, 0.1) is 12.7 Å². The zero-order valence-corrected chi connectivity index (χ0v) is 24.4. The predicted molar refractivity (Wildman–Crippen MR) is 160 cm³/mol. The molecule has 3 N–H and O–H groups in total. The Kier molecular flexibility index (Phi) is 8.65. The summed E-state index contributed by atoms with van der Waals surface area (Å²) in [4.78, 5) is 17.0. The Morgan fingerprint density at radius 3 is 2.46 bits per heavy atom. The second-order valence-electron chi connectivity index (χ2n) is 11.3. The lowest BCUT2D eigenvalue weighted by molar-refractivity contribution is 0.0256. The molecule has 0 radical (unpaired) electrons. The number of urea groups is 1. The van der Waals surface area contributed by atoms with E-state index in [1.165, 1.54) is 0 Å². The number of sulfonamides is 1. The third-order valence-electron chi connectivity index (χ3n) is 8.01. The summed E-state index contributed by atoms with van der Waals surface area (Å²) < 4.78 is 35.5. The minimum absolute atomic E-state index is 0.0449. The molecule has 2 aliphatic rings. The highest BCUT2D eigenvalue weighted by Gasteiger charge is 2.39. The number of fused-ring (bicyclic) bond motifs is 1. The summed E-state index contributed by atoms with van der Waals surface area (Å²) in [5.41, 5.74) is 3.25. The van der Waals surface area contributed by atoms with Gasteiger partial charge in [-0.15, -0.1) is 0 Å². The standard InChI is InChI=1S/C31H38N4O5S/c1-23-8-6-7-11-27(23)33-30(37)35-16-14-31(15-17-35)21-34(2)20-26(36)19-32-41(38,39)29-13-12-25(18-28(29)40-22-31)24-9-4-3-5-10-24/h3-13,18,26,32,36H,14-17,19-22H2,1-2H3,(H,33,37). The van der Waals surface area contributed by atoms with E-state index in [0.29, 0.717) is 39.0 Å². The van der Waals surface area contributed by atoms with Crippen molar-refractivity contribution in [3.63, 3.8) is 0 Å². The normalized spacial score (nSPS) is 21.1. The van der Waals surface area contributed by atoms with Crippen molar-refractivity contribution in [2.75, 3.05) is 51.7 Å². The third-order valence-corrected chi connectivity index (χ3v) is 9.47. The summed E-state index contributed by atoms with van der Waals surface area (Å²) >= 11 is 0. The van der Waals surface area contributed by atoms with E-state index in [-0.39, 0.29) is 35.2 Å². The van der Waals surface area contributed by atoms with E-state index in [1.807, 2.05) is 78.4 Å². The zero-order valence-electron chi connectivity index (χ0n) is 23.5. The first-order valence-electron chi connectivity index (χ1n) is 13.9. The number of para-hydroxylation sites is 1. The van der Waals surface area contributed by atoms with Crippen LogP contribution in [0, 0.1) is 12.3 Å². The number of likely N-dealkylation sites (tertiary alicyclic amines) is 1. The molecule has 0 saturated carbocycles. The molecule has 41 heavy (non-hydrogen) atoms. The number of aliphatic hydroxyl groups is 1. The van der Waals surface area contributed by atoms with Crippen molar-refractivity contribution < 1.29 is 23.1 Å². The van der Waals surface area contributed by atoms with Crippen LogP contribution >= 0.6 is 0 Å². The molecule has 0 aromatic heterocycles. The third kappa shape index (κ3) is 6.90. The smallest absolute Gasteiger partial charge is 0.321 e. The Bertz CT molecular complexity index is 1470. The molecular formula is C31H38N4O5S. The highest BCUT2D eigenvalue weighted by Crippen LogP contribution is 2.37. The van der Waals surface area contributed by atoms with Gasteiger partial charge in [0.2, 0.25) is 10.0 Å². The van der Waals surface area contributed by atoms with Crippen molar-refractivity contribution in [3.05, 3.63) is 78.4 Å². The van der Waals surface area contributed by atoms with Crippen LogP contribution < -0.4 is 14.8 Å². The van der Waals surface area contributed by atoms with Crippen LogP contribution in [-0.2, 0) is 10.0 Å². The number of hydrogen-bond acceptors (Lipinski definition) is 6. The number of benzene rings is 3. The van der Waals surface area contributed by atoms with Crippen molar-refractivity contribution in [1.82, 2.24) is 14.5 Å². The molecule has 3 aromatic rings. The summed E-state index contributed by atoms with van der Waals surface area (Å²) in [6.07, 6.45) is 0.472. The number of hydrogen-bond donors (Lipinski definition) is 3. The molecule has 2 aliphatic heterocycles. The number of aliphatic hydroxyl groups excluding tert-OH is 1. The quantitative estimate of drug-likeness (QED) is 0.425. The number of ether oxygens (including phenoxy) is 1. The molecule has 0 aliphatic carbocycles. The first-order chi connectivity index (χ1) is 19.6. The molecule has 10 heteroatoms. The zero-order chi connectivity index (χ0) is 29.0. The van der Waals surface area contributed by atoms with E-state index in [9.17, 15) is 18.3 Å². The fraction of sp³-hybridized carbons (Fsp3) is 0.387. The summed E-state index contributed by atoms with van der Waals surface area (Å²) in [6, 6.07) is 22.4. The maximum Gasteiger partial charge on any atom is 0.321 e. The predicted octanol–water partition coefficient (Wildman–Crippen LogP) is 3.94. The number of nitrogens with zero attached hydrogens (tertiary/aromatic N) is 2. The van der Waals surface area contributed by atoms with Crippen molar-refractivity contribution in [2.24, 2.45) is 5.41 Å². The van der Waals surface area contributed by atoms with Gasteiger partial charge in [0.1, 0.15) is 10.6 Å². The second-order valence-corrected chi connectivity index (χ2v) is 13.0. The lowest BCUT2D eigenvalue weighted by atomic mass is 9.78. The molecule has 1 spiro atoms. The van der Waals surface area contributed by atoms with E-state index in [1.54, 1.807) is 18.2 Å². The van der Waals surface area contributed by atoms with E-state index in [2.05, 4.69) is 10.0 Å². The van der Waals surface area contributed by atoms with Crippen LogP contribution in [0.2, 0.25) is 0 Å². The molecule has 2 amide bonds. The van der Waals surface area contributed by atoms with Crippen LogP contribution in [0.25, 0.3) is 11.1 Å². The summed E-state index contributed by atoms with van der Waals surface area (Å²) in [5, 5.41) is 13.7. The van der Waals surface area contributed by atoms with E-state index in [0.717, 1.165) is 22.4 Å². The van der Waals surface area contributed by atoms with Gasteiger partial charge in [-0.3, -0.25) is 0 Å². The molecule has 9 nitrogen and oxygen atoms in total. The van der Waals surface area contributed by atoms with Crippen molar-refractivity contribution in [2.45, 2.75) is 30.8 Å². The van der Waals surface area contributed by atoms with Crippen LogP contribution in [0.3, 0.4) is 0 Å². The minimum Gasteiger partial charge on any atom is -0.492 e.